The second-order valence-corrected chi connectivity index (χ2v) is 8.16. The van der Waals surface area contributed by atoms with Crippen molar-refractivity contribution in [2.24, 2.45) is 4.40 Å². The van der Waals surface area contributed by atoms with E-state index in [1.54, 1.807) is 0 Å². The number of allylic oxidation sites excluding steroid dienone is 9. The highest BCUT2D eigenvalue weighted by Crippen LogP contribution is 2.41. The van der Waals surface area contributed by atoms with E-state index < -0.39 is 0 Å². The normalized spacial score (nSPS) is 17.2. The van der Waals surface area contributed by atoms with Crippen molar-refractivity contribution in [2.75, 3.05) is 0 Å². The van der Waals surface area contributed by atoms with Crippen molar-refractivity contribution in [2.45, 2.75) is 17.7 Å². The summed E-state index contributed by atoms with van der Waals surface area (Å²) in [7, 11) is 3.78. The van der Waals surface area contributed by atoms with Gasteiger partial charge in [-0.25, -0.2) is 4.40 Å². The molecule has 1 heterocycles. The van der Waals surface area contributed by atoms with Gasteiger partial charge in [-0.3, -0.25) is 0 Å². The van der Waals surface area contributed by atoms with E-state index in [4.69, 9.17) is 0 Å². The first-order valence-corrected chi connectivity index (χ1v) is 10.4. The SMILES string of the molecule is C1=CCC(SSC2=CC=CC2)=C1.C1=Cc2ccccc2SN=C1. The second-order valence-electron chi connectivity index (χ2n) is 4.94. The van der Waals surface area contributed by atoms with Crippen molar-refractivity contribution in [1.29, 1.82) is 0 Å². The summed E-state index contributed by atoms with van der Waals surface area (Å²) in [4.78, 5) is 4.15. The van der Waals surface area contributed by atoms with Crippen molar-refractivity contribution < 1.29 is 0 Å². The highest BCUT2D eigenvalue weighted by atomic mass is 33.1. The van der Waals surface area contributed by atoms with Crippen LogP contribution in [0.3, 0.4) is 0 Å². The van der Waals surface area contributed by atoms with Crippen molar-refractivity contribution in [1.82, 2.24) is 0 Å². The maximum Gasteiger partial charge on any atom is 0.0377 e. The molecule has 0 amide bonds. The molecule has 0 spiro atoms. The largest absolute Gasteiger partial charge is 0.219 e. The van der Waals surface area contributed by atoms with Gasteiger partial charge in [0.05, 0.1) is 0 Å². The predicted molar refractivity (Wildman–Crippen MR) is 109 cm³/mol. The Morgan fingerprint density at radius 2 is 1.57 bits per heavy atom. The van der Waals surface area contributed by atoms with Crippen LogP contribution in [-0.2, 0) is 0 Å². The molecule has 3 aliphatic rings. The highest BCUT2D eigenvalue weighted by molar-refractivity contribution is 8.79. The Kier molecular flexibility index (Phi) is 6.50. The number of nitrogens with zero attached hydrogens (tertiary/aromatic N) is 1. The number of hydrogen-bond donors (Lipinski definition) is 0. The molecule has 0 atom stereocenters. The van der Waals surface area contributed by atoms with Gasteiger partial charge in [-0.2, -0.15) is 0 Å². The van der Waals surface area contributed by atoms with Crippen molar-refractivity contribution >= 4 is 45.8 Å². The maximum absolute atomic E-state index is 4.12. The molecule has 0 saturated carbocycles. The lowest BCUT2D eigenvalue weighted by Gasteiger charge is -2.00. The average Bonchev–Trinajstić information content (AvgIpc) is 3.23. The molecule has 116 valence electrons. The van der Waals surface area contributed by atoms with Gasteiger partial charge in [-0.1, -0.05) is 82.3 Å². The number of benzene rings is 1. The van der Waals surface area contributed by atoms with E-state index >= 15 is 0 Å². The molecule has 4 heteroatoms. The summed E-state index contributed by atoms with van der Waals surface area (Å²) in [6.45, 7) is 0. The van der Waals surface area contributed by atoms with Crippen LogP contribution in [0.4, 0.5) is 0 Å². The lowest BCUT2D eigenvalue weighted by atomic mass is 10.2. The Bertz CT molecular complexity index is 694. The molecule has 1 nitrogen and oxygen atoms in total. The molecule has 0 aromatic heterocycles. The van der Waals surface area contributed by atoms with E-state index in [9.17, 15) is 0 Å². The summed E-state index contributed by atoms with van der Waals surface area (Å²) in [5.41, 5.74) is 1.25. The summed E-state index contributed by atoms with van der Waals surface area (Å²) in [5, 5.41) is 0. The highest BCUT2D eigenvalue weighted by Gasteiger charge is 2.04. The van der Waals surface area contributed by atoms with Crippen LogP contribution in [0.25, 0.3) is 6.08 Å². The van der Waals surface area contributed by atoms with Crippen LogP contribution in [0.5, 0.6) is 0 Å². The number of fused-ring (bicyclic) bond motifs is 1. The zero-order valence-electron chi connectivity index (χ0n) is 12.6. The molecule has 0 radical (unpaired) electrons. The zero-order valence-corrected chi connectivity index (χ0v) is 15.0. The van der Waals surface area contributed by atoms with Gasteiger partial charge >= 0.3 is 0 Å². The van der Waals surface area contributed by atoms with Crippen LogP contribution in [0.2, 0.25) is 0 Å². The van der Waals surface area contributed by atoms with E-state index in [1.165, 1.54) is 32.2 Å². The quantitative estimate of drug-likeness (QED) is 0.434. The predicted octanol–water partition coefficient (Wildman–Crippen LogP) is 6.85. The second kappa shape index (κ2) is 9.06. The molecule has 2 aliphatic carbocycles. The van der Waals surface area contributed by atoms with Crippen LogP contribution < -0.4 is 0 Å². The minimum Gasteiger partial charge on any atom is -0.219 e. The van der Waals surface area contributed by atoms with Crippen molar-refractivity contribution in [3.63, 3.8) is 0 Å². The topological polar surface area (TPSA) is 12.4 Å². The lowest BCUT2D eigenvalue weighted by molar-refractivity contribution is 1.41. The van der Waals surface area contributed by atoms with Crippen LogP contribution >= 0.6 is 33.5 Å². The fraction of sp³-hybridized carbons (Fsp3) is 0.105. The van der Waals surface area contributed by atoms with E-state index in [0.29, 0.717) is 0 Å². The van der Waals surface area contributed by atoms with E-state index in [0.717, 1.165) is 12.8 Å². The Labute approximate surface area is 150 Å². The van der Waals surface area contributed by atoms with Gasteiger partial charge in [0.15, 0.2) is 0 Å². The van der Waals surface area contributed by atoms with E-state index in [-0.39, 0.29) is 0 Å². The summed E-state index contributed by atoms with van der Waals surface area (Å²) in [6, 6.07) is 8.23. The van der Waals surface area contributed by atoms with Crippen LogP contribution in [0, 0.1) is 0 Å². The average molecular weight is 356 g/mol. The van der Waals surface area contributed by atoms with E-state index in [1.807, 2.05) is 46.0 Å². The summed E-state index contributed by atoms with van der Waals surface area (Å²) >= 11 is 1.52. The molecule has 23 heavy (non-hydrogen) atoms. The Morgan fingerprint density at radius 1 is 0.870 bits per heavy atom. The Morgan fingerprint density at radius 3 is 2.22 bits per heavy atom. The summed E-state index contributed by atoms with van der Waals surface area (Å²) in [5.74, 6) is 0. The summed E-state index contributed by atoms with van der Waals surface area (Å²) in [6.07, 6.45) is 21.1. The van der Waals surface area contributed by atoms with E-state index in [2.05, 4.69) is 59.1 Å². The van der Waals surface area contributed by atoms with Crippen molar-refractivity contribution in [3.05, 3.63) is 82.2 Å². The molecule has 0 unspecified atom stereocenters. The molecule has 4 rings (SSSR count). The van der Waals surface area contributed by atoms with Crippen LogP contribution in [0.1, 0.15) is 18.4 Å². The minimum absolute atomic E-state index is 1.12. The first-order valence-electron chi connectivity index (χ1n) is 7.44. The van der Waals surface area contributed by atoms with Crippen LogP contribution in [0.15, 0.2) is 85.9 Å². The molecule has 0 fully saturated rings. The molecule has 0 N–H and O–H groups in total. The van der Waals surface area contributed by atoms with Gasteiger partial charge in [0.25, 0.3) is 0 Å². The first kappa shape index (κ1) is 16.5. The first-order chi connectivity index (χ1) is 11.4. The number of rotatable bonds is 3. The minimum atomic E-state index is 1.12. The van der Waals surface area contributed by atoms with Gasteiger partial charge in [-0.05, 0) is 40.4 Å². The lowest BCUT2D eigenvalue weighted by Crippen LogP contribution is -1.73. The zero-order chi connectivity index (χ0) is 15.7. The molecule has 0 bridgehead atoms. The third-order valence-corrected chi connectivity index (χ3v) is 6.67. The molecule has 1 aromatic carbocycles. The van der Waals surface area contributed by atoms with Gasteiger partial charge in [0.1, 0.15) is 0 Å². The molecule has 1 aromatic rings. The van der Waals surface area contributed by atoms with Crippen LogP contribution in [-0.4, -0.2) is 6.21 Å². The van der Waals surface area contributed by atoms with Crippen molar-refractivity contribution in [3.8, 4) is 0 Å². The molecular formula is C19H17NS3. The molecule has 0 saturated heterocycles. The van der Waals surface area contributed by atoms with Gasteiger partial charge in [0.2, 0.25) is 0 Å². The smallest absolute Gasteiger partial charge is 0.0377 e. The van der Waals surface area contributed by atoms with Gasteiger partial charge in [-0.15, -0.1) is 0 Å². The molecular weight excluding hydrogens is 338 g/mol. The Balaban J connectivity index is 0.000000136. The third-order valence-electron chi connectivity index (χ3n) is 3.22. The third kappa shape index (κ3) is 5.34. The standard InChI is InChI=1S/C10H10S2.C9H7NS/c1-2-6-9(5-1)11-12-10-7-3-4-8-10;1-2-6-9-8(4-1)5-3-7-10-11-9/h1-5,7H,6,8H2;1-7H. The monoisotopic (exact) mass is 355 g/mol. The van der Waals surface area contributed by atoms with Gasteiger partial charge < -0.3 is 0 Å². The maximum atomic E-state index is 4.12. The fourth-order valence-corrected chi connectivity index (χ4v) is 4.88. The number of hydrogen-bond acceptors (Lipinski definition) is 4. The molecule has 1 aliphatic heterocycles. The Hall–Kier alpha value is -1.36. The summed E-state index contributed by atoms with van der Waals surface area (Å²) < 4.78 is 4.12. The van der Waals surface area contributed by atoms with Gasteiger partial charge in [0, 0.05) is 23.1 Å². The fourth-order valence-electron chi connectivity index (χ4n) is 2.06.